The van der Waals surface area contributed by atoms with Crippen molar-refractivity contribution >= 4 is 11.9 Å². The summed E-state index contributed by atoms with van der Waals surface area (Å²) in [7, 11) is 1.62. The lowest BCUT2D eigenvalue weighted by molar-refractivity contribution is -0.152. The van der Waals surface area contributed by atoms with E-state index in [4.69, 9.17) is 0 Å². The van der Waals surface area contributed by atoms with Crippen LogP contribution in [0.25, 0.3) is 0 Å². The molecule has 2 N–H and O–H groups in total. The summed E-state index contributed by atoms with van der Waals surface area (Å²) in [6.07, 6.45) is 2.73. The van der Waals surface area contributed by atoms with Gasteiger partial charge in [0.2, 0.25) is 5.91 Å². The number of hydrogen-bond acceptors (Lipinski definition) is 3. The first-order valence-electron chi connectivity index (χ1n) is 6.20. The van der Waals surface area contributed by atoms with E-state index in [1.165, 1.54) is 0 Å². The summed E-state index contributed by atoms with van der Waals surface area (Å²) >= 11 is 0. The molecule has 1 amide bonds. The molecule has 0 saturated carbocycles. The van der Waals surface area contributed by atoms with Crippen molar-refractivity contribution in [1.29, 1.82) is 0 Å². The fourth-order valence-electron chi connectivity index (χ4n) is 2.42. The van der Waals surface area contributed by atoms with Gasteiger partial charge in [0.15, 0.2) is 0 Å². The zero-order valence-electron chi connectivity index (χ0n) is 10.7. The number of nitrogens with zero attached hydrogens (tertiary/aromatic N) is 1. The molecule has 0 aromatic rings. The normalized spacial score (nSPS) is 25.5. The molecule has 0 bridgehead atoms. The second-order valence-electron chi connectivity index (χ2n) is 4.74. The molecular formula is C12H22N2O3. The fraction of sp³-hybridized carbons (Fsp3) is 0.833. The third-order valence-corrected chi connectivity index (χ3v) is 3.72. The van der Waals surface area contributed by atoms with Gasteiger partial charge in [-0.05, 0) is 25.8 Å². The summed E-state index contributed by atoms with van der Waals surface area (Å²) in [5.41, 5.74) is -0.610. The highest BCUT2D eigenvalue weighted by Crippen LogP contribution is 2.33. The number of hydrogen-bond donors (Lipinski definition) is 2. The molecule has 1 aliphatic rings. The number of amides is 1. The molecule has 1 atom stereocenters. The summed E-state index contributed by atoms with van der Waals surface area (Å²) < 4.78 is 0. The molecule has 5 nitrogen and oxygen atoms in total. The molecular weight excluding hydrogens is 220 g/mol. The summed E-state index contributed by atoms with van der Waals surface area (Å²) in [5.74, 6) is -0.697. The maximum atomic E-state index is 11.3. The Morgan fingerprint density at radius 2 is 2.18 bits per heavy atom. The number of carbonyl (C=O) groups is 2. The smallest absolute Gasteiger partial charge is 0.310 e. The number of likely N-dealkylation sites (tertiary alicyclic amines) is 1. The van der Waals surface area contributed by atoms with Crippen molar-refractivity contribution in [3.63, 3.8) is 0 Å². The molecule has 5 heteroatoms. The van der Waals surface area contributed by atoms with Crippen molar-refractivity contribution in [3.05, 3.63) is 0 Å². The van der Waals surface area contributed by atoms with Crippen molar-refractivity contribution in [2.75, 3.05) is 26.7 Å². The zero-order chi connectivity index (χ0) is 12.9. The number of aliphatic carboxylic acids is 1. The Labute approximate surface area is 102 Å². The second kappa shape index (κ2) is 6.00. The molecule has 1 aliphatic heterocycles. The maximum Gasteiger partial charge on any atom is 0.310 e. The second-order valence-corrected chi connectivity index (χ2v) is 4.74. The van der Waals surface area contributed by atoms with Crippen LogP contribution in [0.2, 0.25) is 0 Å². The van der Waals surface area contributed by atoms with Crippen molar-refractivity contribution in [2.24, 2.45) is 5.41 Å². The predicted octanol–water partition coefficient (Wildman–Crippen LogP) is 0.699. The van der Waals surface area contributed by atoms with Crippen molar-refractivity contribution in [1.82, 2.24) is 10.2 Å². The lowest BCUT2D eigenvalue weighted by atomic mass is 9.77. The van der Waals surface area contributed by atoms with Gasteiger partial charge < -0.3 is 15.3 Å². The van der Waals surface area contributed by atoms with Crippen LogP contribution in [-0.4, -0.2) is 48.6 Å². The Balaban J connectivity index is 2.53. The molecule has 1 fully saturated rings. The zero-order valence-corrected chi connectivity index (χ0v) is 10.7. The maximum absolute atomic E-state index is 11.3. The van der Waals surface area contributed by atoms with Crippen molar-refractivity contribution in [3.8, 4) is 0 Å². The molecule has 0 radical (unpaired) electrons. The molecule has 1 saturated heterocycles. The Morgan fingerprint density at radius 3 is 2.71 bits per heavy atom. The standard InChI is InChI=1S/C12H22N2O3/c1-3-12(11(16)17)6-4-7-14(9-12)8-5-10(15)13-2/h3-9H2,1-2H3,(H,13,15)(H,16,17). The van der Waals surface area contributed by atoms with Crippen LogP contribution in [0.5, 0.6) is 0 Å². The third-order valence-electron chi connectivity index (χ3n) is 3.72. The first-order chi connectivity index (χ1) is 8.04. The first kappa shape index (κ1) is 14.0. The highest BCUT2D eigenvalue weighted by molar-refractivity contribution is 5.76. The Morgan fingerprint density at radius 1 is 1.47 bits per heavy atom. The van der Waals surface area contributed by atoms with E-state index in [0.29, 0.717) is 25.9 Å². The first-order valence-corrected chi connectivity index (χ1v) is 6.20. The number of piperidine rings is 1. The molecule has 1 heterocycles. The highest BCUT2D eigenvalue weighted by Gasteiger charge is 2.40. The Hall–Kier alpha value is -1.10. The van der Waals surface area contributed by atoms with Gasteiger partial charge >= 0.3 is 5.97 Å². The Bertz CT molecular complexity index is 293. The summed E-state index contributed by atoms with van der Waals surface area (Å²) in [6, 6.07) is 0. The van der Waals surface area contributed by atoms with Gasteiger partial charge in [0, 0.05) is 26.6 Å². The van der Waals surface area contributed by atoms with E-state index in [-0.39, 0.29) is 5.91 Å². The quantitative estimate of drug-likeness (QED) is 0.744. The minimum Gasteiger partial charge on any atom is -0.481 e. The van der Waals surface area contributed by atoms with Gasteiger partial charge in [0.05, 0.1) is 5.41 Å². The van der Waals surface area contributed by atoms with Crippen LogP contribution < -0.4 is 5.32 Å². The number of carboxylic acid groups (broad SMARTS) is 1. The Kier molecular flexibility index (Phi) is 4.93. The van der Waals surface area contributed by atoms with Gasteiger partial charge in [-0.25, -0.2) is 0 Å². The topological polar surface area (TPSA) is 69.6 Å². The minimum absolute atomic E-state index is 0.00740. The lowest BCUT2D eigenvalue weighted by Gasteiger charge is -2.39. The van der Waals surface area contributed by atoms with Crippen molar-refractivity contribution in [2.45, 2.75) is 32.6 Å². The highest BCUT2D eigenvalue weighted by atomic mass is 16.4. The van der Waals surface area contributed by atoms with E-state index in [2.05, 4.69) is 10.2 Å². The average Bonchev–Trinajstić information content (AvgIpc) is 2.35. The van der Waals surface area contributed by atoms with Crippen LogP contribution in [0.15, 0.2) is 0 Å². The minimum atomic E-state index is -0.704. The van der Waals surface area contributed by atoms with Crippen LogP contribution in [0.1, 0.15) is 32.6 Å². The van der Waals surface area contributed by atoms with Crippen molar-refractivity contribution < 1.29 is 14.7 Å². The molecule has 0 aliphatic carbocycles. The molecule has 98 valence electrons. The van der Waals surface area contributed by atoms with E-state index in [1.54, 1.807) is 7.05 Å². The summed E-state index contributed by atoms with van der Waals surface area (Å²) in [4.78, 5) is 24.6. The van der Waals surface area contributed by atoms with E-state index in [0.717, 1.165) is 19.4 Å². The van der Waals surface area contributed by atoms with E-state index in [9.17, 15) is 14.7 Å². The van der Waals surface area contributed by atoms with Crippen LogP contribution in [0.4, 0.5) is 0 Å². The van der Waals surface area contributed by atoms with Crippen LogP contribution in [-0.2, 0) is 9.59 Å². The van der Waals surface area contributed by atoms with E-state index in [1.807, 2.05) is 6.92 Å². The lowest BCUT2D eigenvalue weighted by Crippen LogP contribution is -2.48. The van der Waals surface area contributed by atoms with Gasteiger partial charge in [0.25, 0.3) is 0 Å². The van der Waals surface area contributed by atoms with E-state index < -0.39 is 11.4 Å². The molecule has 0 spiro atoms. The monoisotopic (exact) mass is 242 g/mol. The summed E-state index contributed by atoms with van der Waals surface area (Å²) in [5, 5.41) is 11.9. The van der Waals surface area contributed by atoms with Gasteiger partial charge in [-0.2, -0.15) is 0 Å². The average molecular weight is 242 g/mol. The number of nitrogens with one attached hydrogen (secondary N) is 1. The van der Waals surface area contributed by atoms with Gasteiger partial charge in [-0.1, -0.05) is 6.92 Å². The van der Waals surface area contributed by atoms with E-state index >= 15 is 0 Å². The molecule has 0 aromatic heterocycles. The number of carbonyl (C=O) groups excluding carboxylic acids is 1. The van der Waals surface area contributed by atoms with Crippen LogP contribution in [0.3, 0.4) is 0 Å². The number of carboxylic acids is 1. The van der Waals surface area contributed by atoms with Crippen LogP contribution >= 0.6 is 0 Å². The molecule has 1 rings (SSSR count). The fourth-order valence-corrected chi connectivity index (χ4v) is 2.42. The van der Waals surface area contributed by atoms with Gasteiger partial charge in [-0.15, -0.1) is 0 Å². The SMILES string of the molecule is CCC1(C(=O)O)CCCN(CCC(=O)NC)C1. The summed E-state index contributed by atoms with van der Waals surface area (Å²) in [6.45, 7) is 4.03. The van der Waals surface area contributed by atoms with Gasteiger partial charge in [-0.3, -0.25) is 9.59 Å². The third kappa shape index (κ3) is 3.43. The molecule has 0 aromatic carbocycles. The molecule has 1 unspecified atom stereocenters. The number of rotatable bonds is 5. The largest absolute Gasteiger partial charge is 0.481 e. The van der Waals surface area contributed by atoms with Gasteiger partial charge in [0.1, 0.15) is 0 Å². The molecule has 17 heavy (non-hydrogen) atoms. The predicted molar refractivity (Wildman–Crippen MR) is 64.7 cm³/mol. The van der Waals surface area contributed by atoms with Crippen LogP contribution in [0, 0.1) is 5.41 Å².